The summed E-state index contributed by atoms with van der Waals surface area (Å²) >= 11 is 6.03. The third-order valence-electron chi connectivity index (χ3n) is 5.32. The summed E-state index contributed by atoms with van der Waals surface area (Å²) < 4.78 is 22.1. The second-order valence-electron chi connectivity index (χ2n) is 7.81. The van der Waals surface area contributed by atoms with Gasteiger partial charge in [0.2, 0.25) is 0 Å². The van der Waals surface area contributed by atoms with E-state index in [1.54, 1.807) is 42.5 Å². The highest BCUT2D eigenvalue weighted by atomic mass is 35.5. The molecule has 0 unspecified atom stereocenters. The molecule has 0 radical (unpaired) electrons. The van der Waals surface area contributed by atoms with Crippen molar-refractivity contribution in [1.29, 1.82) is 0 Å². The van der Waals surface area contributed by atoms with Gasteiger partial charge in [-0.3, -0.25) is 19.8 Å². The van der Waals surface area contributed by atoms with Crippen molar-refractivity contribution < 1.29 is 33.0 Å². The first kappa shape index (κ1) is 24.9. The van der Waals surface area contributed by atoms with Crippen molar-refractivity contribution in [2.75, 3.05) is 20.3 Å². The van der Waals surface area contributed by atoms with Gasteiger partial charge in [0, 0.05) is 5.02 Å². The summed E-state index contributed by atoms with van der Waals surface area (Å²) in [4.78, 5) is 38.3. The number of barbiturate groups is 1. The molecule has 186 valence electrons. The van der Waals surface area contributed by atoms with Crippen molar-refractivity contribution in [2.45, 2.75) is 13.5 Å². The maximum atomic E-state index is 12.9. The van der Waals surface area contributed by atoms with E-state index >= 15 is 0 Å². The summed E-state index contributed by atoms with van der Waals surface area (Å²) in [5, 5.41) is 2.85. The van der Waals surface area contributed by atoms with Gasteiger partial charge in [-0.25, -0.2) is 4.79 Å². The molecular formula is C26H23ClN2O7. The molecule has 1 aromatic heterocycles. The Bertz CT molecular complexity index is 1320. The first-order valence-corrected chi connectivity index (χ1v) is 11.3. The Kier molecular flexibility index (Phi) is 7.60. The number of ether oxygens (including phenoxy) is 3. The molecular weight excluding hydrogens is 488 g/mol. The number of furan rings is 1. The van der Waals surface area contributed by atoms with Crippen LogP contribution in [0.3, 0.4) is 0 Å². The van der Waals surface area contributed by atoms with Gasteiger partial charge in [0.1, 0.15) is 30.3 Å². The van der Waals surface area contributed by atoms with Crippen LogP contribution in [0.15, 0.2) is 64.8 Å². The van der Waals surface area contributed by atoms with Gasteiger partial charge in [-0.05, 0) is 66.6 Å². The van der Waals surface area contributed by atoms with E-state index in [0.29, 0.717) is 40.2 Å². The quantitative estimate of drug-likeness (QED) is 0.259. The van der Waals surface area contributed by atoms with Crippen LogP contribution in [-0.2, 0) is 16.1 Å². The van der Waals surface area contributed by atoms with Crippen LogP contribution in [0, 0.1) is 6.92 Å². The maximum absolute atomic E-state index is 12.9. The monoisotopic (exact) mass is 510 g/mol. The van der Waals surface area contributed by atoms with Gasteiger partial charge in [0.05, 0.1) is 19.9 Å². The molecule has 1 fully saturated rings. The summed E-state index contributed by atoms with van der Waals surface area (Å²) in [5.41, 5.74) is 1.24. The highest BCUT2D eigenvalue weighted by Gasteiger charge is 2.36. The number of nitrogens with one attached hydrogen (secondary N) is 1. The fraction of sp³-hybridized carbons (Fsp3) is 0.192. The largest absolute Gasteiger partial charge is 0.493 e. The van der Waals surface area contributed by atoms with Gasteiger partial charge in [0.15, 0.2) is 11.5 Å². The minimum atomic E-state index is -0.809. The minimum absolute atomic E-state index is 0.101. The second-order valence-corrected chi connectivity index (χ2v) is 8.21. The zero-order chi connectivity index (χ0) is 25.7. The van der Waals surface area contributed by atoms with E-state index in [2.05, 4.69) is 5.32 Å². The predicted octanol–water partition coefficient (Wildman–Crippen LogP) is 4.37. The number of rotatable bonds is 9. The van der Waals surface area contributed by atoms with Crippen molar-refractivity contribution in [3.8, 4) is 17.2 Å². The molecule has 0 aliphatic carbocycles. The Morgan fingerprint density at radius 1 is 1.03 bits per heavy atom. The van der Waals surface area contributed by atoms with Crippen LogP contribution in [0.4, 0.5) is 4.79 Å². The fourth-order valence-electron chi connectivity index (χ4n) is 3.47. The Labute approximate surface area is 212 Å². The second kappa shape index (κ2) is 11.0. The number of carbonyl (C=O) groups is 3. The molecule has 0 bridgehead atoms. The zero-order valence-corrected chi connectivity index (χ0v) is 20.3. The highest BCUT2D eigenvalue weighted by Crippen LogP contribution is 2.30. The summed E-state index contributed by atoms with van der Waals surface area (Å²) in [7, 11) is 1.48. The molecule has 36 heavy (non-hydrogen) atoms. The molecule has 9 nitrogen and oxygen atoms in total. The summed E-state index contributed by atoms with van der Waals surface area (Å²) in [6, 6.07) is 12.8. The molecule has 1 aliphatic rings. The molecule has 0 atom stereocenters. The SMILES string of the molecule is COc1cc(/C=C2/C(=O)NC(=O)N(Cc3ccco3)C2=O)ccc1OCCOc1ccc(Cl)c(C)c1. The van der Waals surface area contributed by atoms with Crippen molar-refractivity contribution in [2.24, 2.45) is 0 Å². The average molecular weight is 511 g/mol. The standard InChI is InChI=1S/C26H23ClN2O7/c1-16-12-18(6-7-21(16)27)35-10-11-36-22-8-5-17(14-23(22)33-2)13-20-24(30)28-26(32)29(25(20)31)15-19-4-3-9-34-19/h3-9,12-14H,10-11,15H2,1-2H3,(H,28,30,32)/b20-13-. The number of hydrogen-bond acceptors (Lipinski definition) is 7. The van der Waals surface area contributed by atoms with Gasteiger partial charge in [0.25, 0.3) is 11.8 Å². The number of methoxy groups -OCH3 is 1. The summed E-state index contributed by atoms with van der Waals surface area (Å²) in [6.07, 6.45) is 2.82. The molecule has 2 heterocycles. The van der Waals surface area contributed by atoms with Crippen molar-refractivity contribution in [1.82, 2.24) is 10.2 Å². The number of amides is 4. The third kappa shape index (κ3) is 5.69. The molecule has 4 amide bonds. The smallest absolute Gasteiger partial charge is 0.331 e. The molecule has 0 saturated carbocycles. The molecule has 1 N–H and O–H groups in total. The van der Waals surface area contributed by atoms with Gasteiger partial charge in [-0.2, -0.15) is 0 Å². The third-order valence-corrected chi connectivity index (χ3v) is 5.74. The van der Waals surface area contributed by atoms with Crippen LogP contribution < -0.4 is 19.5 Å². The normalized spacial score (nSPS) is 14.7. The number of urea groups is 1. The van der Waals surface area contributed by atoms with E-state index in [-0.39, 0.29) is 18.7 Å². The average Bonchev–Trinajstić information content (AvgIpc) is 3.38. The Balaban J connectivity index is 1.43. The van der Waals surface area contributed by atoms with Crippen molar-refractivity contribution >= 4 is 35.5 Å². The first-order valence-electron chi connectivity index (χ1n) is 11.0. The van der Waals surface area contributed by atoms with Crippen LogP contribution >= 0.6 is 11.6 Å². The predicted molar refractivity (Wildman–Crippen MR) is 131 cm³/mol. The number of hydrogen-bond donors (Lipinski definition) is 1. The van der Waals surface area contributed by atoms with Crippen LogP contribution in [0.5, 0.6) is 17.2 Å². The molecule has 2 aromatic carbocycles. The molecule has 0 spiro atoms. The lowest BCUT2D eigenvalue weighted by Crippen LogP contribution is -2.53. The molecule has 4 rings (SSSR count). The van der Waals surface area contributed by atoms with E-state index < -0.39 is 17.8 Å². The van der Waals surface area contributed by atoms with E-state index in [1.165, 1.54) is 19.4 Å². The molecule has 1 saturated heterocycles. The van der Waals surface area contributed by atoms with Crippen LogP contribution in [0.1, 0.15) is 16.9 Å². The molecule has 3 aromatic rings. The van der Waals surface area contributed by atoms with Gasteiger partial charge >= 0.3 is 6.03 Å². The number of imide groups is 2. The Morgan fingerprint density at radius 3 is 2.56 bits per heavy atom. The van der Waals surface area contributed by atoms with Crippen LogP contribution in [-0.4, -0.2) is 43.1 Å². The van der Waals surface area contributed by atoms with E-state index in [1.807, 2.05) is 13.0 Å². The van der Waals surface area contributed by atoms with E-state index in [0.717, 1.165) is 10.5 Å². The number of nitrogens with zero attached hydrogens (tertiary/aromatic N) is 1. The number of carbonyl (C=O) groups excluding carboxylic acids is 3. The maximum Gasteiger partial charge on any atom is 0.331 e. The lowest BCUT2D eigenvalue weighted by molar-refractivity contribution is -0.130. The highest BCUT2D eigenvalue weighted by molar-refractivity contribution is 6.31. The Hall–Kier alpha value is -4.24. The summed E-state index contributed by atoms with van der Waals surface area (Å²) in [6.45, 7) is 2.34. The lowest BCUT2D eigenvalue weighted by Gasteiger charge is -2.25. The van der Waals surface area contributed by atoms with Gasteiger partial charge in [-0.15, -0.1) is 0 Å². The number of halogens is 1. The van der Waals surface area contributed by atoms with Crippen LogP contribution in [0.25, 0.3) is 6.08 Å². The fourth-order valence-corrected chi connectivity index (χ4v) is 3.59. The Morgan fingerprint density at radius 2 is 1.83 bits per heavy atom. The van der Waals surface area contributed by atoms with Gasteiger partial charge in [-0.1, -0.05) is 17.7 Å². The van der Waals surface area contributed by atoms with Crippen LogP contribution in [0.2, 0.25) is 5.02 Å². The van der Waals surface area contributed by atoms with E-state index in [4.69, 9.17) is 30.2 Å². The van der Waals surface area contributed by atoms with Gasteiger partial charge < -0.3 is 18.6 Å². The van der Waals surface area contributed by atoms with Crippen molar-refractivity contribution in [3.63, 3.8) is 0 Å². The number of aryl methyl sites for hydroxylation is 1. The topological polar surface area (TPSA) is 107 Å². The van der Waals surface area contributed by atoms with E-state index in [9.17, 15) is 14.4 Å². The number of benzene rings is 2. The first-order chi connectivity index (χ1) is 17.4. The zero-order valence-electron chi connectivity index (χ0n) is 19.6. The minimum Gasteiger partial charge on any atom is -0.493 e. The summed E-state index contributed by atoms with van der Waals surface area (Å²) in [5.74, 6) is 0.446. The van der Waals surface area contributed by atoms with Crippen molar-refractivity contribution in [3.05, 3.63) is 82.3 Å². The molecule has 1 aliphatic heterocycles. The lowest BCUT2D eigenvalue weighted by atomic mass is 10.1. The molecule has 10 heteroatoms.